The molecule has 0 radical (unpaired) electrons. The number of amides is 1. The topological polar surface area (TPSA) is 46.6 Å². The van der Waals surface area contributed by atoms with Gasteiger partial charge in [0.25, 0.3) is 0 Å². The lowest BCUT2D eigenvalue weighted by molar-refractivity contribution is -0.121. The number of halogens is 3. The summed E-state index contributed by atoms with van der Waals surface area (Å²) in [7, 11) is 1.51. The average Bonchev–Trinajstić information content (AvgIpc) is 2.68. The number of carbonyl (C=O) groups excluding carboxylic acids is 2. The molecule has 1 amide bonds. The summed E-state index contributed by atoms with van der Waals surface area (Å²) < 4.78 is 20.4. The molecule has 0 spiro atoms. The highest BCUT2D eigenvalue weighted by Gasteiger charge is 2.46. The minimum absolute atomic E-state index is 0.0729. The molecule has 4 nitrogen and oxygen atoms in total. The monoisotopic (exact) mass is 475 g/mol. The van der Waals surface area contributed by atoms with Gasteiger partial charge in [-0.15, -0.1) is 0 Å². The van der Waals surface area contributed by atoms with Crippen LogP contribution >= 0.6 is 23.2 Å². The van der Waals surface area contributed by atoms with Crippen LogP contribution in [-0.2, 0) is 9.59 Å². The van der Waals surface area contributed by atoms with Gasteiger partial charge < -0.3 is 4.74 Å². The predicted octanol–water partition coefficient (Wildman–Crippen LogP) is 6.61. The number of hydrogen-bond donors (Lipinski definition) is 0. The van der Waals surface area contributed by atoms with Gasteiger partial charge >= 0.3 is 0 Å². The Bertz CT molecular complexity index is 1150. The largest absolute Gasteiger partial charge is 0.495 e. The number of Topliss-reactive ketones (excluding diaryl/α,β-unsaturated/α-hetero) is 1. The first-order valence-corrected chi connectivity index (χ1v) is 11.2. The summed E-state index contributed by atoms with van der Waals surface area (Å²) in [6.45, 7) is 5.82. The highest BCUT2D eigenvalue weighted by atomic mass is 35.5. The highest BCUT2D eigenvalue weighted by Crippen LogP contribution is 2.51. The minimum atomic E-state index is -0.731. The van der Waals surface area contributed by atoms with Gasteiger partial charge in [0.05, 0.1) is 12.8 Å². The van der Waals surface area contributed by atoms with Gasteiger partial charge in [0.2, 0.25) is 5.91 Å². The van der Waals surface area contributed by atoms with E-state index >= 15 is 0 Å². The molecule has 7 heteroatoms. The zero-order valence-electron chi connectivity index (χ0n) is 18.4. The van der Waals surface area contributed by atoms with Crippen molar-refractivity contribution in [2.24, 2.45) is 5.41 Å². The Hall–Kier alpha value is -2.37. The maximum absolute atomic E-state index is 14.9. The van der Waals surface area contributed by atoms with Gasteiger partial charge in [-0.3, -0.25) is 14.5 Å². The Morgan fingerprint density at radius 3 is 2.50 bits per heavy atom. The molecule has 0 saturated heterocycles. The van der Waals surface area contributed by atoms with Gasteiger partial charge in [-0.1, -0.05) is 43.1 Å². The van der Waals surface area contributed by atoms with Crippen LogP contribution in [0, 0.1) is 18.2 Å². The second-order valence-corrected chi connectivity index (χ2v) is 10.0. The van der Waals surface area contributed by atoms with Crippen molar-refractivity contribution >= 4 is 40.6 Å². The highest BCUT2D eigenvalue weighted by molar-refractivity contribution is 6.32. The van der Waals surface area contributed by atoms with Crippen molar-refractivity contribution in [3.8, 4) is 5.75 Å². The van der Waals surface area contributed by atoms with E-state index in [1.807, 2.05) is 20.8 Å². The predicted molar refractivity (Wildman–Crippen MR) is 124 cm³/mol. The number of methoxy groups -OCH3 is 1. The van der Waals surface area contributed by atoms with Crippen LogP contribution in [0.5, 0.6) is 5.75 Å². The van der Waals surface area contributed by atoms with Gasteiger partial charge in [-0.2, -0.15) is 0 Å². The fourth-order valence-electron chi connectivity index (χ4n) is 4.77. The van der Waals surface area contributed by atoms with Crippen molar-refractivity contribution < 1.29 is 18.7 Å². The zero-order chi connectivity index (χ0) is 23.4. The molecule has 0 bridgehead atoms. The molecule has 1 aliphatic heterocycles. The summed E-state index contributed by atoms with van der Waals surface area (Å²) in [6.07, 6.45) is 0.719. The fraction of sp³-hybridized carbons (Fsp3) is 0.360. The van der Waals surface area contributed by atoms with E-state index in [1.54, 1.807) is 23.1 Å². The molecule has 32 heavy (non-hydrogen) atoms. The van der Waals surface area contributed by atoms with Crippen molar-refractivity contribution in [1.82, 2.24) is 0 Å². The molecule has 4 rings (SSSR count). The molecule has 168 valence electrons. The first-order chi connectivity index (χ1) is 15.0. The number of rotatable bonds is 3. The summed E-state index contributed by atoms with van der Waals surface area (Å²) in [5.41, 5.74) is 2.16. The molecular formula is C25H24Cl2FNO3. The smallest absolute Gasteiger partial charge is 0.232 e. The summed E-state index contributed by atoms with van der Waals surface area (Å²) in [5, 5.41) is 0.723. The van der Waals surface area contributed by atoms with E-state index in [1.165, 1.54) is 19.2 Å². The molecule has 2 aliphatic rings. The van der Waals surface area contributed by atoms with Gasteiger partial charge in [-0.25, -0.2) is 4.39 Å². The molecule has 0 aromatic heterocycles. The number of aryl methyl sites for hydroxylation is 1. The molecule has 0 saturated carbocycles. The zero-order valence-corrected chi connectivity index (χ0v) is 19.9. The molecule has 1 heterocycles. The number of hydrogen-bond acceptors (Lipinski definition) is 3. The SMILES string of the molecule is COc1cc(Cl)c(C)cc1N1C(=O)CC(c2c(F)cccc2Cl)C2=C1CC(C)(C)CC2=O. The van der Waals surface area contributed by atoms with Crippen molar-refractivity contribution in [1.29, 1.82) is 0 Å². The lowest BCUT2D eigenvalue weighted by atomic mass is 9.69. The van der Waals surface area contributed by atoms with Gasteiger partial charge in [0, 0.05) is 51.7 Å². The van der Waals surface area contributed by atoms with Gasteiger partial charge in [-0.05, 0) is 42.5 Å². The van der Waals surface area contributed by atoms with E-state index in [9.17, 15) is 14.0 Å². The van der Waals surface area contributed by atoms with E-state index in [0.717, 1.165) is 5.56 Å². The quantitative estimate of drug-likeness (QED) is 0.501. The molecule has 0 fully saturated rings. The standard InChI is InChI=1S/C25H24Cl2FNO3/c1-13-8-18(21(32-4)10-16(13)27)29-19-11-25(2,3)12-20(30)24(19)14(9-22(29)31)23-15(26)6-5-7-17(23)28/h5-8,10,14H,9,11-12H2,1-4H3. The number of ether oxygens (including phenoxy) is 1. The van der Waals surface area contributed by atoms with Crippen LogP contribution in [0.3, 0.4) is 0 Å². The van der Waals surface area contributed by atoms with Crippen LogP contribution < -0.4 is 9.64 Å². The maximum Gasteiger partial charge on any atom is 0.232 e. The summed E-state index contributed by atoms with van der Waals surface area (Å²) in [6, 6.07) is 7.85. The normalized spacial score (nSPS) is 20.5. The van der Waals surface area contributed by atoms with Crippen LogP contribution in [-0.4, -0.2) is 18.8 Å². The fourth-order valence-corrected chi connectivity index (χ4v) is 5.22. The summed E-state index contributed by atoms with van der Waals surface area (Å²) in [4.78, 5) is 28.5. The van der Waals surface area contributed by atoms with Gasteiger partial charge in [0.1, 0.15) is 11.6 Å². The number of allylic oxidation sites excluding steroid dienone is 2. The van der Waals surface area contributed by atoms with Crippen LogP contribution in [0.15, 0.2) is 41.6 Å². The van der Waals surface area contributed by atoms with E-state index in [4.69, 9.17) is 27.9 Å². The molecule has 2 aromatic carbocycles. The molecule has 1 aliphatic carbocycles. The van der Waals surface area contributed by atoms with E-state index in [2.05, 4.69) is 0 Å². The Kier molecular flexibility index (Phi) is 5.84. The Labute approximate surface area is 196 Å². The van der Waals surface area contributed by atoms with Crippen molar-refractivity contribution in [2.45, 2.75) is 46.0 Å². The first-order valence-electron chi connectivity index (χ1n) is 10.4. The van der Waals surface area contributed by atoms with Crippen molar-refractivity contribution in [3.63, 3.8) is 0 Å². The number of benzene rings is 2. The number of carbonyl (C=O) groups is 2. The van der Waals surface area contributed by atoms with Crippen molar-refractivity contribution in [2.75, 3.05) is 12.0 Å². The van der Waals surface area contributed by atoms with E-state index in [0.29, 0.717) is 40.6 Å². The van der Waals surface area contributed by atoms with E-state index in [-0.39, 0.29) is 34.1 Å². The molecule has 0 N–H and O–H groups in total. The number of ketones is 1. The molecular weight excluding hydrogens is 452 g/mol. The lowest BCUT2D eigenvalue weighted by Crippen LogP contribution is -2.44. The Balaban J connectivity index is 1.99. The van der Waals surface area contributed by atoms with Gasteiger partial charge in [0.15, 0.2) is 5.78 Å². The Morgan fingerprint density at radius 2 is 1.84 bits per heavy atom. The third-order valence-corrected chi connectivity index (χ3v) is 6.93. The van der Waals surface area contributed by atoms with Crippen LogP contribution in [0.2, 0.25) is 10.0 Å². The second-order valence-electron chi connectivity index (χ2n) is 9.20. The third kappa shape index (κ3) is 3.82. The maximum atomic E-state index is 14.9. The number of nitrogens with zero attached hydrogens (tertiary/aromatic N) is 1. The summed E-state index contributed by atoms with van der Waals surface area (Å²) in [5.74, 6) is -1.17. The van der Waals surface area contributed by atoms with Crippen LogP contribution in [0.25, 0.3) is 0 Å². The molecule has 1 atom stereocenters. The van der Waals surface area contributed by atoms with E-state index < -0.39 is 11.7 Å². The minimum Gasteiger partial charge on any atom is -0.495 e. The molecule has 1 unspecified atom stereocenters. The van der Waals surface area contributed by atoms with Crippen molar-refractivity contribution in [3.05, 3.63) is 68.6 Å². The average molecular weight is 476 g/mol. The van der Waals surface area contributed by atoms with Crippen LogP contribution in [0.4, 0.5) is 10.1 Å². The second kappa shape index (κ2) is 8.20. The van der Waals surface area contributed by atoms with Crippen LogP contribution in [0.1, 0.15) is 50.2 Å². The summed E-state index contributed by atoms with van der Waals surface area (Å²) >= 11 is 12.6. The third-order valence-electron chi connectivity index (χ3n) is 6.19. The first kappa shape index (κ1) is 22.8. The number of anilines is 1. The Morgan fingerprint density at radius 1 is 1.12 bits per heavy atom. The molecule has 2 aromatic rings. The lowest BCUT2D eigenvalue weighted by Gasteiger charge is -2.43.